The van der Waals surface area contributed by atoms with Gasteiger partial charge in [-0.15, -0.1) is 0 Å². The lowest BCUT2D eigenvalue weighted by Crippen LogP contribution is -2.28. The summed E-state index contributed by atoms with van der Waals surface area (Å²) >= 11 is 0. The Hall–Kier alpha value is -2.19. The molecule has 1 aromatic carbocycles. The van der Waals surface area contributed by atoms with Crippen LogP contribution in [0.4, 0.5) is 0 Å². The first-order valence-electron chi connectivity index (χ1n) is 8.08. The summed E-state index contributed by atoms with van der Waals surface area (Å²) < 4.78 is 36.9. The molecule has 0 saturated carbocycles. The number of sulfonamides is 1. The molecule has 1 aliphatic heterocycles. The Bertz CT molecular complexity index is 863. The van der Waals surface area contributed by atoms with E-state index in [1.165, 1.54) is 16.4 Å². The van der Waals surface area contributed by atoms with Crippen molar-refractivity contribution >= 4 is 16.0 Å². The zero-order valence-corrected chi connectivity index (χ0v) is 15.0. The topological polar surface area (TPSA) is 89.7 Å². The van der Waals surface area contributed by atoms with Gasteiger partial charge in [0.1, 0.15) is 12.4 Å². The number of carbonyl (C=O) groups excluding carboxylic acids is 1. The van der Waals surface area contributed by atoms with Gasteiger partial charge in [-0.1, -0.05) is 11.2 Å². The Morgan fingerprint density at radius 1 is 1.28 bits per heavy atom. The lowest BCUT2D eigenvalue weighted by atomic mass is 10.2. The van der Waals surface area contributed by atoms with Crippen molar-refractivity contribution in [2.24, 2.45) is 0 Å². The van der Waals surface area contributed by atoms with Crippen molar-refractivity contribution in [2.75, 3.05) is 13.1 Å². The first-order chi connectivity index (χ1) is 11.9. The van der Waals surface area contributed by atoms with Crippen LogP contribution < -0.4 is 0 Å². The predicted molar refractivity (Wildman–Crippen MR) is 89.5 cm³/mol. The van der Waals surface area contributed by atoms with Gasteiger partial charge in [-0.05, 0) is 44.9 Å². The van der Waals surface area contributed by atoms with Crippen LogP contribution in [0.3, 0.4) is 0 Å². The third-order valence-electron chi connectivity index (χ3n) is 4.30. The summed E-state index contributed by atoms with van der Waals surface area (Å²) in [6.45, 7) is 4.57. The van der Waals surface area contributed by atoms with Gasteiger partial charge in [0.25, 0.3) is 0 Å². The van der Waals surface area contributed by atoms with E-state index in [4.69, 9.17) is 9.26 Å². The number of carbonyl (C=O) groups is 1. The molecule has 1 saturated heterocycles. The Labute approximate surface area is 146 Å². The van der Waals surface area contributed by atoms with Crippen LogP contribution in [0.25, 0.3) is 0 Å². The Kier molecular flexibility index (Phi) is 4.91. The van der Waals surface area contributed by atoms with E-state index in [-0.39, 0.29) is 17.1 Å². The third kappa shape index (κ3) is 3.59. The van der Waals surface area contributed by atoms with Crippen LogP contribution in [0.1, 0.15) is 40.2 Å². The van der Waals surface area contributed by atoms with Gasteiger partial charge in [0, 0.05) is 13.1 Å². The normalized spacial score (nSPS) is 15.4. The van der Waals surface area contributed by atoms with Crippen LogP contribution in [0.2, 0.25) is 0 Å². The fourth-order valence-electron chi connectivity index (χ4n) is 2.79. The molecule has 1 fully saturated rings. The maximum absolute atomic E-state index is 12.6. The van der Waals surface area contributed by atoms with E-state index in [0.29, 0.717) is 30.1 Å². The minimum atomic E-state index is -3.57. The number of ether oxygens (including phenoxy) is 1. The van der Waals surface area contributed by atoms with Crippen molar-refractivity contribution in [3.63, 3.8) is 0 Å². The van der Waals surface area contributed by atoms with E-state index < -0.39 is 16.0 Å². The van der Waals surface area contributed by atoms with Crippen molar-refractivity contribution in [1.29, 1.82) is 0 Å². The molecule has 3 rings (SSSR count). The maximum Gasteiger partial charge on any atom is 0.338 e. The molecule has 0 aliphatic carbocycles. The van der Waals surface area contributed by atoms with E-state index in [1.54, 1.807) is 26.0 Å². The minimum Gasteiger partial charge on any atom is -0.457 e. The largest absolute Gasteiger partial charge is 0.457 e. The second kappa shape index (κ2) is 6.97. The van der Waals surface area contributed by atoms with Gasteiger partial charge < -0.3 is 9.26 Å². The van der Waals surface area contributed by atoms with E-state index >= 15 is 0 Å². The van der Waals surface area contributed by atoms with Gasteiger partial charge in [-0.25, -0.2) is 13.2 Å². The minimum absolute atomic E-state index is 0.0309. The van der Waals surface area contributed by atoms with Gasteiger partial charge in [0.2, 0.25) is 10.0 Å². The average molecular weight is 364 g/mol. The highest BCUT2D eigenvalue weighted by molar-refractivity contribution is 7.89. The highest BCUT2D eigenvalue weighted by atomic mass is 32.2. The van der Waals surface area contributed by atoms with Crippen molar-refractivity contribution in [2.45, 2.75) is 38.2 Å². The fourth-order valence-corrected chi connectivity index (χ4v) is 4.35. The number of hydrogen-bond donors (Lipinski definition) is 0. The maximum atomic E-state index is 12.6. The average Bonchev–Trinajstić information content (AvgIpc) is 3.24. The monoisotopic (exact) mass is 364 g/mol. The SMILES string of the molecule is Cc1noc(C)c1COC(=O)c1cccc(S(=O)(=O)N2CCCC2)c1. The summed E-state index contributed by atoms with van der Waals surface area (Å²) in [5.74, 6) is 0.00846. The summed E-state index contributed by atoms with van der Waals surface area (Å²) in [6.07, 6.45) is 1.72. The van der Waals surface area contributed by atoms with Gasteiger partial charge in [0.15, 0.2) is 0 Å². The smallest absolute Gasteiger partial charge is 0.338 e. The van der Waals surface area contributed by atoms with Crippen LogP contribution >= 0.6 is 0 Å². The standard InChI is InChI=1S/C17H20N2O5S/c1-12-16(13(2)24-18-12)11-23-17(20)14-6-5-7-15(10-14)25(21,22)19-8-3-4-9-19/h5-7,10H,3-4,8-9,11H2,1-2H3. The second-order valence-electron chi connectivity index (χ2n) is 6.02. The number of esters is 1. The number of benzene rings is 1. The van der Waals surface area contributed by atoms with E-state index in [2.05, 4.69) is 5.16 Å². The Balaban J connectivity index is 1.76. The number of aromatic nitrogens is 1. The first kappa shape index (κ1) is 17.6. The summed E-state index contributed by atoms with van der Waals surface area (Å²) in [4.78, 5) is 12.4. The fraction of sp³-hybridized carbons (Fsp3) is 0.412. The lowest BCUT2D eigenvalue weighted by Gasteiger charge is -2.15. The first-order valence-corrected chi connectivity index (χ1v) is 9.52. The predicted octanol–water partition coefficient (Wildman–Crippen LogP) is 2.43. The Morgan fingerprint density at radius 3 is 2.64 bits per heavy atom. The number of nitrogens with zero attached hydrogens (tertiary/aromatic N) is 2. The molecule has 0 bridgehead atoms. The highest BCUT2D eigenvalue weighted by Crippen LogP contribution is 2.22. The van der Waals surface area contributed by atoms with Crippen molar-refractivity contribution in [3.8, 4) is 0 Å². The molecule has 0 atom stereocenters. The molecule has 1 aliphatic rings. The molecule has 0 spiro atoms. The molecule has 25 heavy (non-hydrogen) atoms. The van der Waals surface area contributed by atoms with Crippen LogP contribution in [0, 0.1) is 13.8 Å². The summed E-state index contributed by atoms with van der Waals surface area (Å²) in [5, 5.41) is 3.81. The number of aryl methyl sites for hydroxylation is 2. The summed E-state index contributed by atoms with van der Waals surface area (Å²) in [7, 11) is -3.57. The lowest BCUT2D eigenvalue weighted by molar-refractivity contribution is 0.0470. The number of hydrogen-bond acceptors (Lipinski definition) is 6. The van der Waals surface area contributed by atoms with Gasteiger partial charge in [-0.2, -0.15) is 4.31 Å². The van der Waals surface area contributed by atoms with Crippen molar-refractivity contribution in [1.82, 2.24) is 9.46 Å². The molecule has 7 nitrogen and oxygen atoms in total. The van der Waals surface area contributed by atoms with E-state index in [1.807, 2.05) is 0 Å². The molecule has 1 aromatic heterocycles. The molecule has 0 unspecified atom stereocenters. The molecule has 0 N–H and O–H groups in total. The molecular formula is C17H20N2O5S. The van der Waals surface area contributed by atoms with Gasteiger partial charge >= 0.3 is 5.97 Å². The molecule has 8 heteroatoms. The van der Waals surface area contributed by atoms with E-state index in [0.717, 1.165) is 12.8 Å². The molecule has 2 aromatic rings. The zero-order valence-electron chi connectivity index (χ0n) is 14.2. The van der Waals surface area contributed by atoms with Crippen molar-refractivity contribution in [3.05, 3.63) is 46.8 Å². The summed E-state index contributed by atoms with van der Waals surface area (Å²) in [6, 6.07) is 5.95. The molecule has 2 heterocycles. The quantitative estimate of drug-likeness (QED) is 0.757. The second-order valence-corrected chi connectivity index (χ2v) is 7.96. The number of rotatable bonds is 5. The molecule has 0 radical (unpaired) electrons. The van der Waals surface area contributed by atoms with Crippen LogP contribution in [0.15, 0.2) is 33.7 Å². The van der Waals surface area contributed by atoms with Crippen LogP contribution in [-0.2, 0) is 21.4 Å². The van der Waals surface area contributed by atoms with Gasteiger partial charge in [0.05, 0.1) is 21.7 Å². The molecule has 134 valence electrons. The van der Waals surface area contributed by atoms with Crippen LogP contribution in [0.5, 0.6) is 0 Å². The molecular weight excluding hydrogens is 344 g/mol. The van der Waals surface area contributed by atoms with E-state index in [9.17, 15) is 13.2 Å². The van der Waals surface area contributed by atoms with Crippen molar-refractivity contribution < 1.29 is 22.5 Å². The zero-order chi connectivity index (χ0) is 18.0. The van der Waals surface area contributed by atoms with Crippen LogP contribution in [-0.4, -0.2) is 36.9 Å². The molecule has 0 amide bonds. The highest BCUT2D eigenvalue weighted by Gasteiger charge is 2.27. The summed E-state index contributed by atoms with van der Waals surface area (Å²) in [5.41, 5.74) is 1.58. The Morgan fingerprint density at radius 2 is 2.00 bits per heavy atom. The van der Waals surface area contributed by atoms with Gasteiger partial charge in [-0.3, -0.25) is 0 Å². The third-order valence-corrected chi connectivity index (χ3v) is 6.20.